The van der Waals surface area contributed by atoms with Crippen LogP contribution < -0.4 is 11.1 Å². The summed E-state index contributed by atoms with van der Waals surface area (Å²) in [6.45, 7) is 7.06. The molecule has 0 fully saturated rings. The van der Waals surface area contributed by atoms with Crippen molar-refractivity contribution in [2.45, 2.75) is 39.4 Å². The van der Waals surface area contributed by atoms with Crippen molar-refractivity contribution < 1.29 is 4.39 Å². The molecule has 0 aliphatic rings. The van der Waals surface area contributed by atoms with Crippen LogP contribution in [0.3, 0.4) is 0 Å². The topological polar surface area (TPSA) is 53.6 Å². The van der Waals surface area contributed by atoms with E-state index in [0.29, 0.717) is 24.6 Å². The SMILES string of the molecule is CN(C)Cc1cc(CN=C(N)NC(C)(C)C)ccc1F. The van der Waals surface area contributed by atoms with Crippen LogP contribution in [0.2, 0.25) is 0 Å². The van der Waals surface area contributed by atoms with Crippen molar-refractivity contribution in [3.63, 3.8) is 0 Å². The highest BCUT2D eigenvalue weighted by Crippen LogP contribution is 2.13. The molecule has 0 saturated carbocycles. The van der Waals surface area contributed by atoms with E-state index >= 15 is 0 Å². The largest absolute Gasteiger partial charge is 0.370 e. The lowest BCUT2D eigenvalue weighted by Crippen LogP contribution is -2.44. The van der Waals surface area contributed by atoms with Gasteiger partial charge in [0.1, 0.15) is 5.82 Å². The van der Waals surface area contributed by atoms with Gasteiger partial charge in [0.15, 0.2) is 5.96 Å². The number of nitrogens with zero attached hydrogens (tertiary/aromatic N) is 2. The average Bonchev–Trinajstić information content (AvgIpc) is 2.27. The van der Waals surface area contributed by atoms with Crippen LogP contribution in [0, 0.1) is 5.82 Å². The van der Waals surface area contributed by atoms with E-state index < -0.39 is 0 Å². The van der Waals surface area contributed by atoms with Gasteiger partial charge in [-0.05, 0) is 52.6 Å². The Morgan fingerprint density at radius 3 is 2.55 bits per heavy atom. The maximum atomic E-state index is 13.7. The highest BCUT2D eigenvalue weighted by molar-refractivity contribution is 5.78. The van der Waals surface area contributed by atoms with Crippen LogP contribution in [0.25, 0.3) is 0 Å². The van der Waals surface area contributed by atoms with Crippen LogP contribution in [-0.4, -0.2) is 30.5 Å². The standard InChI is InChI=1S/C15H25FN4/c1-15(2,3)19-14(17)18-9-11-6-7-13(16)12(8-11)10-20(4)5/h6-8H,9-10H2,1-5H3,(H3,17,18,19). The van der Waals surface area contributed by atoms with Gasteiger partial charge < -0.3 is 16.0 Å². The number of aliphatic imine (C=N–C) groups is 1. The molecule has 1 rings (SSSR count). The third kappa shape index (κ3) is 6.02. The number of halogens is 1. The lowest BCUT2D eigenvalue weighted by Gasteiger charge is -2.21. The van der Waals surface area contributed by atoms with Crippen molar-refractivity contribution in [3.05, 3.63) is 35.1 Å². The molecular formula is C15H25FN4. The van der Waals surface area contributed by atoms with Crippen LogP contribution in [0.4, 0.5) is 4.39 Å². The number of rotatable bonds is 4. The number of guanidine groups is 1. The summed E-state index contributed by atoms with van der Waals surface area (Å²) in [5.41, 5.74) is 7.31. The van der Waals surface area contributed by atoms with E-state index in [9.17, 15) is 4.39 Å². The fourth-order valence-electron chi connectivity index (χ4n) is 1.79. The molecule has 4 nitrogen and oxygen atoms in total. The molecule has 0 saturated heterocycles. The molecule has 3 N–H and O–H groups in total. The normalized spacial score (nSPS) is 12.8. The summed E-state index contributed by atoms with van der Waals surface area (Å²) in [6.07, 6.45) is 0. The first-order chi connectivity index (χ1) is 9.17. The highest BCUT2D eigenvalue weighted by Gasteiger charge is 2.10. The third-order valence-electron chi connectivity index (χ3n) is 2.53. The fourth-order valence-corrected chi connectivity index (χ4v) is 1.79. The van der Waals surface area contributed by atoms with Gasteiger partial charge in [0.2, 0.25) is 0 Å². The summed E-state index contributed by atoms with van der Waals surface area (Å²) in [5.74, 6) is 0.211. The number of hydrogen-bond donors (Lipinski definition) is 2. The Labute approximate surface area is 120 Å². The quantitative estimate of drug-likeness (QED) is 0.656. The Hall–Kier alpha value is -1.62. The molecule has 0 unspecified atom stereocenters. The minimum Gasteiger partial charge on any atom is -0.370 e. The second kappa shape index (κ2) is 6.70. The minimum absolute atomic E-state index is 0.119. The van der Waals surface area contributed by atoms with E-state index in [2.05, 4.69) is 10.3 Å². The van der Waals surface area contributed by atoms with Crippen LogP contribution in [0.5, 0.6) is 0 Å². The van der Waals surface area contributed by atoms with Crippen LogP contribution in [0.15, 0.2) is 23.2 Å². The zero-order valence-corrected chi connectivity index (χ0v) is 13.0. The van der Waals surface area contributed by atoms with Gasteiger partial charge in [-0.25, -0.2) is 9.38 Å². The number of benzene rings is 1. The summed E-state index contributed by atoms with van der Waals surface area (Å²) in [4.78, 5) is 6.21. The lowest BCUT2D eigenvalue weighted by molar-refractivity contribution is 0.392. The first kappa shape index (κ1) is 16.4. The molecule has 0 aliphatic carbocycles. The van der Waals surface area contributed by atoms with Gasteiger partial charge in [-0.1, -0.05) is 6.07 Å². The van der Waals surface area contributed by atoms with Gasteiger partial charge in [0, 0.05) is 17.6 Å². The fraction of sp³-hybridized carbons (Fsp3) is 0.533. The smallest absolute Gasteiger partial charge is 0.189 e. The van der Waals surface area contributed by atoms with Crippen molar-refractivity contribution in [3.8, 4) is 0 Å². The first-order valence-electron chi connectivity index (χ1n) is 6.67. The first-order valence-corrected chi connectivity index (χ1v) is 6.67. The van der Waals surface area contributed by atoms with E-state index in [4.69, 9.17) is 5.73 Å². The number of nitrogens with one attached hydrogen (secondary N) is 1. The van der Waals surface area contributed by atoms with E-state index in [1.165, 1.54) is 6.07 Å². The average molecular weight is 280 g/mol. The number of hydrogen-bond acceptors (Lipinski definition) is 2. The van der Waals surface area contributed by atoms with E-state index in [-0.39, 0.29) is 11.4 Å². The van der Waals surface area contributed by atoms with Crippen molar-refractivity contribution in [2.75, 3.05) is 14.1 Å². The molecule has 0 radical (unpaired) electrons. The Bertz CT molecular complexity index is 475. The Balaban J connectivity index is 2.76. The predicted octanol–water partition coefficient (Wildman–Crippen LogP) is 2.09. The summed E-state index contributed by atoms with van der Waals surface area (Å²) < 4.78 is 13.7. The second-order valence-corrected chi connectivity index (χ2v) is 6.24. The van der Waals surface area contributed by atoms with Crippen molar-refractivity contribution in [1.29, 1.82) is 0 Å². The molecule has 1 aromatic rings. The van der Waals surface area contributed by atoms with Gasteiger partial charge >= 0.3 is 0 Å². The highest BCUT2D eigenvalue weighted by atomic mass is 19.1. The molecule has 0 atom stereocenters. The molecule has 0 aromatic heterocycles. The molecule has 112 valence electrons. The second-order valence-electron chi connectivity index (χ2n) is 6.24. The van der Waals surface area contributed by atoms with Crippen molar-refractivity contribution in [2.24, 2.45) is 10.7 Å². The van der Waals surface area contributed by atoms with Crippen LogP contribution in [-0.2, 0) is 13.1 Å². The van der Waals surface area contributed by atoms with E-state index in [1.807, 2.05) is 45.8 Å². The third-order valence-corrected chi connectivity index (χ3v) is 2.53. The molecule has 0 bridgehead atoms. The Kier molecular flexibility index (Phi) is 5.51. The maximum Gasteiger partial charge on any atom is 0.189 e. The predicted molar refractivity (Wildman–Crippen MR) is 82.0 cm³/mol. The van der Waals surface area contributed by atoms with Gasteiger partial charge in [0.25, 0.3) is 0 Å². The molecule has 0 heterocycles. The van der Waals surface area contributed by atoms with Gasteiger partial charge in [-0.15, -0.1) is 0 Å². The molecule has 0 amide bonds. The van der Waals surface area contributed by atoms with Crippen molar-refractivity contribution >= 4 is 5.96 Å². The van der Waals surface area contributed by atoms with Gasteiger partial charge in [-0.3, -0.25) is 0 Å². The monoisotopic (exact) mass is 280 g/mol. The molecule has 20 heavy (non-hydrogen) atoms. The summed E-state index contributed by atoms with van der Waals surface area (Å²) in [7, 11) is 3.82. The molecule has 1 aromatic carbocycles. The maximum absolute atomic E-state index is 13.7. The molecular weight excluding hydrogens is 255 g/mol. The summed E-state index contributed by atoms with van der Waals surface area (Å²) in [5, 5.41) is 3.09. The summed E-state index contributed by atoms with van der Waals surface area (Å²) >= 11 is 0. The molecule has 0 aliphatic heterocycles. The van der Waals surface area contributed by atoms with Crippen LogP contribution in [0.1, 0.15) is 31.9 Å². The Morgan fingerprint density at radius 1 is 1.35 bits per heavy atom. The molecule has 5 heteroatoms. The Morgan fingerprint density at radius 2 is 2.00 bits per heavy atom. The minimum atomic E-state index is -0.188. The van der Waals surface area contributed by atoms with Crippen molar-refractivity contribution in [1.82, 2.24) is 10.2 Å². The van der Waals surface area contributed by atoms with Gasteiger partial charge in [-0.2, -0.15) is 0 Å². The van der Waals surface area contributed by atoms with Gasteiger partial charge in [0.05, 0.1) is 6.54 Å². The summed E-state index contributed by atoms with van der Waals surface area (Å²) in [6, 6.07) is 5.06. The lowest BCUT2D eigenvalue weighted by atomic mass is 10.1. The molecule has 0 spiro atoms. The zero-order chi connectivity index (χ0) is 15.3. The van der Waals surface area contributed by atoms with E-state index in [1.54, 1.807) is 6.07 Å². The number of nitrogens with two attached hydrogens (primary N) is 1. The van der Waals surface area contributed by atoms with E-state index in [0.717, 1.165) is 5.56 Å². The van der Waals surface area contributed by atoms with Crippen LogP contribution >= 0.6 is 0 Å². The zero-order valence-electron chi connectivity index (χ0n) is 13.0.